The van der Waals surface area contributed by atoms with Crippen molar-refractivity contribution in [3.63, 3.8) is 0 Å². The summed E-state index contributed by atoms with van der Waals surface area (Å²) >= 11 is 0. The molecule has 0 aliphatic heterocycles. The van der Waals surface area contributed by atoms with Crippen LogP contribution in [0.1, 0.15) is 47.6 Å². The Balaban J connectivity index is 1.47. The first kappa shape index (κ1) is 14.8. The number of benzene rings is 1. The van der Waals surface area contributed by atoms with E-state index in [4.69, 9.17) is 0 Å². The molecule has 3 nitrogen and oxygen atoms in total. The van der Waals surface area contributed by atoms with E-state index in [0.29, 0.717) is 18.9 Å². The first-order valence-corrected chi connectivity index (χ1v) is 7.98. The van der Waals surface area contributed by atoms with Gasteiger partial charge in [-0.05, 0) is 49.4 Å². The molecular weight excluding hydrogens is 272 g/mol. The van der Waals surface area contributed by atoms with Gasteiger partial charge in [-0.3, -0.25) is 9.78 Å². The monoisotopic (exact) mass is 294 g/mol. The van der Waals surface area contributed by atoms with Crippen LogP contribution in [0.5, 0.6) is 0 Å². The molecule has 1 aromatic carbocycles. The van der Waals surface area contributed by atoms with Crippen LogP contribution in [0.25, 0.3) is 0 Å². The molecule has 0 bridgehead atoms. The van der Waals surface area contributed by atoms with Gasteiger partial charge in [0.25, 0.3) is 0 Å². The molecule has 1 saturated carbocycles. The summed E-state index contributed by atoms with van der Waals surface area (Å²) in [5.41, 5.74) is 4.77. The second-order valence-electron chi connectivity index (χ2n) is 6.13. The van der Waals surface area contributed by atoms with Crippen molar-refractivity contribution in [2.75, 3.05) is 0 Å². The Morgan fingerprint density at radius 3 is 2.86 bits per heavy atom. The maximum Gasteiger partial charge on any atom is 0.220 e. The van der Waals surface area contributed by atoms with Crippen LogP contribution in [-0.2, 0) is 17.8 Å². The van der Waals surface area contributed by atoms with Gasteiger partial charge in [-0.25, -0.2) is 0 Å². The zero-order valence-corrected chi connectivity index (χ0v) is 13.0. The number of aryl methyl sites for hydroxylation is 2. The van der Waals surface area contributed by atoms with Crippen molar-refractivity contribution in [3.05, 3.63) is 65.0 Å². The van der Waals surface area contributed by atoms with E-state index in [9.17, 15) is 4.79 Å². The van der Waals surface area contributed by atoms with Gasteiger partial charge in [-0.15, -0.1) is 0 Å². The molecule has 0 saturated heterocycles. The molecule has 0 radical (unpaired) electrons. The van der Waals surface area contributed by atoms with Crippen molar-refractivity contribution in [2.24, 2.45) is 0 Å². The third-order valence-corrected chi connectivity index (χ3v) is 4.05. The van der Waals surface area contributed by atoms with Crippen molar-refractivity contribution < 1.29 is 4.79 Å². The molecule has 22 heavy (non-hydrogen) atoms. The summed E-state index contributed by atoms with van der Waals surface area (Å²) in [7, 11) is 0. The lowest BCUT2D eigenvalue weighted by Crippen LogP contribution is -2.23. The van der Waals surface area contributed by atoms with E-state index in [0.717, 1.165) is 12.0 Å². The third kappa shape index (κ3) is 4.17. The first-order chi connectivity index (χ1) is 10.7. The number of hydrogen-bond donors (Lipinski definition) is 1. The highest BCUT2D eigenvalue weighted by Gasteiger charge is 2.24. The van der Waals surface area contributed by atoms with Crippen LogP contribution in [0.15, 0.2) is 42.6 Å². The highest BCUT2D eigenvalue weighted by Crippen LogP contribution is 2.38. The second-order valence-corrected chi connectivity index (χ2v) is 6.13. The van der Waals surface area contributed by atoms with E-state index in [1.807, 2.05) is 18.3 Å². The van der Waals surface area contributed by atoms with E-state index >= 15 is 0 Å². The normalized spacial score (nSPS) is 13.9. The summed E-state index contributed by atoms with van der Waals surface area (Å²) in [6.45, 7) is 2.67. The highest BCUT2D eigenvalue weighted by molar-refractivity contribution is 5.76. The molecule has 3 heteroatoms. The predicted octanol–water partition coefficient (Wildman–Crippen LogP) is 3.52. The van der Waals surface area contributed by atoms with Crippen LogP contribution in [-0.4, -0.2) is 10.9 Å². The molecule has 0 spiro atoms. The fraction of sp³-hybridized carbons (Fsp3) is 0.368. The van der Waals surface area contributed by atoms with Crippen LogP contribution in [0, 0.1) is 6.92 Å². The van der Waals surface area contributed by atoms with Crippen LogP contribution in [0.3, 0.4) is 0 Å². The van der Waals surface area contributed by atoms with E-state index in [2.05, 4.69) is 41.5 Å². The molecular formula is C19H22N2O. The number of amides is 1. The highest BCUT2D eigenvalue weighted by atomic mass is 16.1. The summed E-state index contributed by atoms with van der Waals surface area (Å²) in [4.78, 5) is 16.4. The number of aromatic nitrogens is 1. The summed E-state index contributed by atoms with van der Waals surface area (Å²) in [5.74, 6) is 0.753. The topological polar surface area (TPSA) is 42.0 Å². The molecule has 1 heterocycles. The minimum Gasteiger partial charge on any atom is -0.352 e. The van der Waals surface area contributed by atoms with Gasteiger partial charge >= 0.3 is 0 Å². The lowest BCUT2D eigenvalue weighted by Gasteiger charge is -2.07. The van der Waals surface area contributed by atoms with Gasteiger partial charge in [0.05, 0.1) is 0 Å². The van der Waals surface area contributed by atoms with Crippen molar-refractivity contribution in [1.29, 1.82) is 0 Å². The van der Waals surface area contributed by atoms with Gasteiger partial charge in [0.15, 0.2) is 0 Å². The molecule has 0 unspecified atom stereocenters. The van der Waals surface area contributed by atoms with E-state index in [1.54, 1.807) is 0 Å². The number of pyridine rings is 1. The summed E-state index contributed by atoms with van der Waals surface area (Å²) in [5, 5.41) is 3.00. The molecule has 0 atom stereocenters. The number of carbonyl (C=O) groups is 1. The average molecular weight is 294 g/mol. The average Bonchev–Trinajstić information content (AvgIpc) is 3.36. The molecule has 1 amide bonds. The zero-order chi connectivity index (χ0) is 15.4. The van der Waals surface area contributed by atoms with Gasteiger partial charge in [-0.2, -0.15) is 0 Å². The SMILES string of the molecule is Cc1cccc(CCC(=O)NCc2ccnc(C3CC3)c2)c1. The van der Waals surface area contributed by atoms with Crippen molar-refractivity contribution in [3.8, 4) is 0 Å². The minimum absolute atomic E-state index is 0.103. The third-order valence-electron chi connectivity index (χ3n) is 4.05. The predicted molar refractivity (Wildman–Crippen MR) is 87.6 cm³/mol. The number of nitrogens with zero attached hydrogens (tertiary/aromatic N) is 1. The molecule has 3 rings (SSSR count). The molecule has 1 aliphatic rings. The Bertz CT molecular complexity index is 662. The number of nitrogens with one attached hydrogen (secondary N) is 1. The Hall–Kier alpha value is -2.16. The van der Waals surface area contributed by atoms with E-state index in [1.165, 1.54) is 29.7 Å². The van der Waals surface area contributed by atoms with Gasteiger partial charge in [-0.1, -0.05) is 29.8 Å². The Morgan fingerprint density at radius 2 is 2.09 bits per heavy atom. The van der Waals surface area contributed by atoms with Crippen molar-refractivity contribution >= 4 is 5.91 Å². The zero-order valence-electron chi connectivity index (χ0n) is 13.0. The van der Waals surface area contributed by atoms with Gasteiger partial charge in [0.2, 0.25) is 5.91 Å². The largest absolute Gasteiger partial charge is 0.352 e. The van der Waals surface area contributed by atoms with Crippen LogP contribution in [0.2, 0.25) is 0 Å². The molecule has 1 aromatic heterocycles. The Labute approximate surface area is 131 Å². The van der Waals surface area contributed by atoms with Crippen LogP contribution < -0.4 is 5.32 Å². The lowest BCUT2D eigenvalue weighted by atomic mass is 10.1. The summed E-state index contributed by atoms with van der Waals surface area (Å²) < 4.78 is 0. The van der Waals surface area contributed by atoms with Crippen molar-refractivity contribution in [1.82, 2.24) is 10.3 Å². The maximum absolute atomic E-state index is 12.0. The van der Waals surface area contributed by atoms with Crippen LogP contribution >= 0.6 is 0 Å². The minimum atomic E-state index is 0.103. The lowest BCUT2D eigenvalue weighted by molar-refractivity contribution is -0.121. The molecule has 1 fully saturated rings. The molecule has 114 valence electrons. The van der Waals surface area contributed by atoms with Crippen molar-refractivity contribution in [2.45, 2.75) is 45.1 Å². The number of hydrogen-bond acceptors (Lipinski definition) is 2. The van der Waals surface area contributed by atoms with Gasteiger partial charge in [0, 0.05) is 30.8 Å². The van der Waals surface area contributed by atoms with Crippen LogP contribution in [0.4, 0.5) is 0 Å². The van der Waals surface area contributed by atoms with E-state index < -0.39 is 0 Å². The van der Waals surface area contributed by atoms with Gasteiger partial charge in [0.1, 0.15) is 0 Å². The second kappa shape index (κ2) is 6.73. The number of carbonyl (C=O) groups excluding carboxylic acids is 1. The molecule has 1 N–H and O–H groups in total. The maximum atomic E-state index is 12.0. The Morgan fingerprint density at radius 1 is 1.23 bits per heavy atom. The summed E-state index contributed by atoms with van der Waals surface area (Å²) in [6, 6.07) is 12.4. The quantitative estimate of drug-likeness (QED) is 0.885. The molecule has 2 aromatic rings. The number of rotatable bonds is 6. The Kier molecular flexibility index (Phi) is 4.52. The fourth-order valence-corrected chi connectivity index (χ4v) is 2.62. The molecule has 1 aliphatic carbocycles. The smallest absolute Gasteiger partial charge is 0.220 e. The fourth-order valence-electron chi connectivity index (χ4n) is 2.62. The van der Waals surface area contributed by atoms with E-state index in [-0.39, 0.29) is 5.91 Å². The summed E-state index contributed by atoms with van der Waals surface area (Å²) in [6.07, 6.45) is 5.67. The standard InChI is InChI=1S/C19H22N2O/c1-14-3-2-4-15(11-14)5-8-19(22)21-13-16-9-10-20-18(12-16)17-6-7-17/h2-4,9-12,17H,5-8,13H2,1H3,(H,21,22). The first-order valence-electron chi connectivity index (χ1n) is 7.98. The van der Waals surface area contributed by atoms with Gasteiger partial charge < -0.3 is 5.32 Å².